The van der Waals surface area contributed by atoms with Crippen LogP contribution in [-0.4, -0.2) is 5.11 Å². The number of rotatable bonds is 2. The topological polar surface area (TPSA) is 20.2 Å². The fraction of sp³-hybridized carbons (Fsp3) is 0.143. The van der Waals surface area contributed by atoms with Crippen molar-refractivity contribution in [3.63, 3.8) is 0 Å². The number of hydrogen-bond acceptors (Lipinski definition) is 1. The van der Waals surface area contributed by atoms with E-state index in [1.54, 1.807) is 18.2 Å². The van der Waals surface area contributed by atoms with E-state index in [0.29, 0.717) is 10.6 Å². The molecular formula is C14H10BrClF2O. The summed E-state index contributed by atoms with van der Waals surface area (Å²) in [5, 5.41) is 10.6. The minimum Gasteiger partial charge on any atom is -0.384 e. The van der Waals surface area contributed by atoms with E-state index in [1.165, 1.54) is 0 Å². The molecule has 2 aromatic rings. The number of hydrogen-bond donors (Lipinski definition) is 1. The molecule has 1 N–H and O–H groups in total. The smallest absolute Gasteiger partial charge is 0.137 e. The van der Waals surface area contributed by atoms with Crippen molar-refractivity contribution in [1.29, 1.82) is 0 Å². The first kappa shape index (κ1) is 14.4. The second-order valence-electron chi connectivity index (χ2n) is 4.20. The van der Waals surface area contributed by atoms with Crippen molar-refractivity contribution < 1.29 is 13.9 Å². The maximum absolute atomic E-state index is 13.8. The molecule has 0 aromatic heterocycles. The molecule has 0 saturated carbocycles. The van der Waals surface area contributed by atoms with Gasteiger partial charge in [-0.1, -0.05) is 23.7 Å². The van der Waals surface area contributed by atoms with Gasteiger partial charge in [0, 0.05) is 10.6 Å². The van der Waals surface area contributed by atoms with Gasteiger partial charge in [-0.2, -0.15) is 0 Å². The molecular weight excluding hydrogens is 338 g/mol. The van der Waals surface area contributed by atoms with E-state index in [2.05, 4.69) is 15.9 Å². The Morgan fingerprint density at radius 1 is 1.16 bits per heavy atom. The fourth-order valence-electron chi connectivity index (χ4n) is 1.71. The average Bonchev–Trinajstić information content (AvgIpc) is 2.36. The van der Waals surface area contributed by atoms with Gasteiger partial charge in [0.05, 0.1) is 4.47 Å². The van der Waals surface area contributed by atoms with E-state index in [0.717, 1.165) is 17.7 Å². The second-order valence-corrected chi connectivity index (χ2v) is 5.46. The molecule has 0 bridgehead atoms. The average molecular weight is 348 g/mol. The number of halogens is 4. The summed E-state index contributed by atoms with van der Waals surface area (Å²) in [5.41, 5.74) is 1.14. The Bertz CT molecular complexity index is 631. The summed E-state index contributed by atoms with van der Waals surface area (Å²) in [5.74, 6) is -1.31. The van der Waals surface area contributed by atoms with Gasteiger partial charge in [-0.05, 0) is 52.2 Å². The maximum atomic E-state index is 13.8. The SMILES string of the molecule is Cc1ccc(C(O)c2cc(F)c(Br)cc2F)cc1Cl. The van der Waals surface area contributed by atoms with Crippen molar-refractivity contribution in [2.45, 2.75) is 13.0 Å². The number of aliphatic hydroxyl groups excluding tert-OH is 1. The van der Waals surface area contributed by atoms with Crippen LogP contribution >= 0.6 is 27.5 Å². The Morgan fingerprint density at radius 3 is 2.47 bits per heavy atom. The first-order valence-corrected chi connectivity index (χ1v) is 6.66. The molecule has 2 aromatic carbocycles. The van der Waals surface area contributed by atoms with Gasteiger partial charge in [0.15, 0.2) is 0 Å². The van der Waals surface area contributed by atoms with E-state index in [4.69, 9.17) is 11.6 Å². The zero-order valence-corrected chi connectivity index (χ0v) is 12.3. The Labute approximate surface area is 123 Å². The lowest BCUT2D eigenvalue weighted by molar-refractivity contribution is 0.214. The fourth-order valence-corrected chi connectivity index (χ4v) is 2.21. The molecule has 19 heavy (non-hydrogen) atoms. The van der Waals surface area contributed by atoms with Crippen molar-refractivity contribution in [2.24, 2.45) is 0 Å². The highest BCUT2D eigenvalue weighted by Gasteiger charge is 2.18. The standard InChI is InChI=1S/C14H10BrClF2O/c1-7-2-3-8(4-11(7)16)14(19)9-5-13(18)10(15)6-12(9)17/h2-6,14,19H,1H3. The third-order valence-electron chi connectivity index (χ3n) is 2.85. The summed E-state index contributed by atoms with van der Waals surface area (Å²) in [4.78, 5) is 0. The summed E-state index contributed by atoms with van der Waals surface area (Å²) >= 11 is 8.84. The molecule has 0 heterocycles. The number of benzene rings is 2. The molecule has 1 atom stereocenters. The van der Waals surface area contributed by atoms with Gasteiger partial charge in [0.2, 0.25) is 0 Å². The molecule has 0 aliphatic heterocycles. The zero-order valence-electron chi connectivity index (χ0n) is 9.92. The van der Waals surface area contributed by atoms with Crippen LogP contribution in [0.15, 0.2) is 34.8 Å². The maximum Gasteiger partial charge on any atom is 0.137 e. The van der Waals surface area contributed by atoms with Crippen LogP contribution in [0.3, 0.4) is 0 Å². The summed E-state index contributed by atoms with van der Waals surface area (Å²) in [6.07, 6.45) is -1.26. The molecule has 5 heteroatoms. The quantitative estimate of drug-likeness (QED) is 0.776. The minimum atomic E-state index is -1.26. The van der Waals surface area contributed by atoms with Gasteiger partial charge in [-0.3, -0.25) is 0 Å². The highest BCUT2D eigenvalue weighted by molar-refractivity contribution is 9.10. The third kappa shape index (κ3) is 2.96. The Balaban J connectivity index is 2.46. The highest BCUT2D eigenvalue weighted by Crippen LogP contribution is 2.30. The molecule has 1 nitrogen and oxygen atoms in total. The Kier molecular flexibility index (Phi) is 4.23. The summed E-state index contributed by atoms with van der Waals surface area (Å²) in [6, 6.07) is 6.85. The highest BCUT2D eigenvalue weighted by atomic mass is 79.9. The van der Waals surface area contributed by atoms with Crippen molar-refractivity contribution in [3.8, 4) is 0 Å². The molecule has 0 radical (unpaired) electrons. The second kappa shape index (κ2) is 5.57. The van der Waals surface area contributed by atoms with Gasteiger partial charge < -0.3 is 5.11 Å². The zero-order chi connectivity index (χ0) is 14.2. The molecule has 0 saturated heterocycles. The Morgan fingerprint density at radius 2 is 1.84 bits per heavy atom. The van der Waals surface area contributed by atoms with Crippen LogP contribution in [0.25, 0.3) is 0 Å². The van der Waals surface area contributed by atoms with Crippen molar-refractivity contribution in [3.05, 3.63) is 68.2 Å². The predicted molar refractivity (Wildman–Crippen MR) is 74.3 cm³/mol. The van der Waals surface area contributed by atoms with E-state index in [9.17, 15) is 13.9 Å². The van der Waals surface area contributed by atoms with E-state index in [1.807, 2.05) is 6.92 Å². The minimum absolute atomic E-state index is 0.0166. The third-order valence-corrected chi connectivity index (χ3v) is 3.86. The number of aryl methyl sites for hydroxylation is 1. The van der Waals surface area contributed by atoms with Crippen molar-refractivity contribution in [2.75, 3.05) is 0 Å². The van der Waals surface area contributed by atoms with Crippen LogP contribution in [0.5, 0.6) is 0 Å². The normalized spacial score (nSPS) is 12.5. The van der Waals surface area contributed by atoms with Crippen LogP contribution < -0.4 is 0 Å². The van der Waals surface area contributed by atoms with Crippen LogP contribution in [-0.2, 0) is 0 Å². The Hall–Kier alpha value is -0.970. The monoisotopic (exact) mass is 346 g/mol. The molecule has 1 unspecified atom stereocenters. The van der Waals surface area contributed by atoms with Gasteiger partial charge in [-0.25, -0.2) is 8.78 Å². The van der Waals surface area contributed by atoms with Crippen molar-refractivity contribution in [1.82, 2.24) is 0 Å². The van der Waals surface area contributed by atoms with Gasteiger partial charge in [0.25, 0.3) is 0 Å². The van der Waals surface area contributed by atoms with Gasteiger partial charge >= 0.3 is 0 Å². The van der Waals surface area contributed by atoms with Gasteiger partial charge in [-0.15, -0.1) is 0 Å². The summed E-state index contributed by atoms with van der Waals surface area (Å²) in [6.45, 7) is 1.82. The van der Waals surface area contributed by atoms with Gasteiger partial charge in [0.1, 0.15) is 17.7 Å². The number of aliphatic hydroxyl groups is 1. The molecule has 2 rings (SSSR count). The molecule has 100 valence electrons. The van der Waals surface area contributed by atoms with E-state index in [-0.39, 0.29) is 10.0 Å². The first-order valence-electron chi connectivity index (χ1n) is 5.48. The van der Waals surface area contributed by atoms with E-state index >= 15 is 0 Å². The van der Waals surface area contributed by atoms with Crippen LogP contribution in [0.1, 0.15) is 22.8 Å². The molecule has 0 aliphatic carbocycles. The van der Waals surface area contributed by atoms with Crippen LogP contribution in [0.4, 0.5) is 8.78 Å². The van der Waals surface area contributed by atoms with Crippen molar-refractivity contribution >= 4 is 27.5 Å². The van der Waals surface area contributed by atoms with Crippen LogP contribution in [0.2, 0.25) is 5.02 Å². The predicted octanol–water partition coefficient (Wildman–Crippen LogP) is 4.77. The molecule has 0 amide bonds. The lowest BCUT2D eigenvalue weighted by Gasteiger charge is -2.14. The van der Waals surface area contributed by atoms with E-state index < -0.39 is 17.7 Å². The molecule has 0 fully saturated rings. The largest absolute Gasteiger partial charge is 0.384 e. The molecule has 0 aliphatic rings. The summed E-state index contributed by atoms with van der Waals surface area (Å²) < 4.78 is 27.2. The lowest BCUT2D eigenvalue weighted by Crippen LogP contribution is -2.04. The first-order chi connectivity index (χ1) is 8.90. The lowest BCUT2D eigenvalue weighted by atomic mass is 10.00. The summed E-state index contributed by atoms with van der Waals surface area (Å²) in [7, 11) is 0. The molecule has 0 spiro atoms. The van der Waals surface area contributed by atoms with Crippen LogP contribution in [0, 0.1) is 18.6 Å².